The van der Waals surface area contributed by atoms with Gasteiger partial charge in [0.05, 0.1) is 22.9 Å². The van der Waals surface area contributed by atoms with E-state index in [0.29, 0.717) is 34.3 Å². The van der Waals surface area contributed by atoms with Crippen LogP contribution in [-0.4, -0.2) is 24.6 Å². The summed E-state index contributed by atoms with van der Waals surface area (Å²) in [4.78, 5) is 17.4. The number of ether oxygens (including phenoxy) is 1. The Hall–Kier alpha value is -4.29. The van der Waals surface area contributed by atoms with E-state index in [1.54, 1.807) is 18.2 Å². The highest BCUT2D eigenvalue weighted by atomic mass is 32.3. The summed E-state index contributed by atoms with van der Waals surface area (Å²) in [6, 6.07) is 15.6. The number of unbranched alkanes of at least 4 members (excludes halogenated alkanes) is 1. The maximum absolute atomic E-state index is 14.0. The molecule has 0 bridgehead atoms. The molecular formula is C30H25FN2O5S. The van der Waals surface area contributed by atoms with Gasteiger partial charge in [-0.25, -0.2) is 0 Å². The number of hydrogen-bond acceptors (Lipinski definition) is 5. The van der Waals surface area contributed by atoms with Gasteiger partial charge in [-0.15, -0.1) is 6.42 Å². The van der Waals surface area contributed by atoms with Crippen LogP contribution in [0.4, 0.5) is 3.89 Å². The van der Waals surface area contributed by atoms with Crippen molar-refractivity contribution in [3.05, 3.63) is 70.4 Å². The number of aromatic amines is 1. The van der Waals surface area contributed by atoms with Crippen molar-refractivity contribution in [2.24, 2.45) is 0 Å². The zero-order valence-electron chi connectivity index (χ0n) is 21.2. The van der Waals surface area contributed by atoms with E-state index in [9.17, 15) is 17.1 Å². The highest BCUT2D eigenvalue weighted by Crippen LogP contribution is 2.43. The highest BCUT2D eigenvalue weighted by molar-refractivity contribution is 7.81. The number of nitrogens with zero attached hydrogens (tertiary/aromatic N) is 1. The Labute approximate surface area is 224 Å². The molecule has 0 spiro atoms. The van der Waals surface area contributed by atoms with Crippen LogP contribution in [-0.2, 0) is 10.5 Å². The molecule has 1 N–H and O–H groups in total. The molecule has 1 aliphatic carbocycles. The Morgan fingerprint density at radius 3 is 2.67 bits per heavy atom. The van der Waals surface area contributed by atoms with Gasteiger partial charge in [0.25, 0.3) is 0 Å². The molecule has 9 heteroatoms. The third kappa shape index (κ3) is 4.61. The van der Waals surface area contributed by atoms with Gasteiger partial charge in [0, 0.05) is 28.1 Å². The van der Waals surface area contributed by atoms with E-state index in [1.165, 1.54) is 12.1 Å². The Bertz CT molecular complexity index is 1980. The van der Waals surface area contributed by atoms with Crippen LogP contribution in [0.15, 0.2) is 59.4 Å². The second-order valence-electron chi connectivity index (χ2n) is 9.76. The van der Waals surface area contributed by atoms with E-state index in [0.717, 1.165) is 53.3 Å². The molecule has 3 aromatic carbocycles. The van der Waals surface area contributed by atoms with Crippen LogP contribution >= 0.6 is 0 Å². The van der Waals surface area contributed by atoms with Crippen molar-refractivity contribution in [1.82, 2.24) is 9.55 Å². The molecule has 0 amide bonds. The fourth-order valence-corrected chi connectivity index (χ4v) is 5.44. The van der Waals surface area contributed by atoms with Crippen LogP contribution in [0.2, 0.25) is 0 Å². The molecule has 0 atom stereocenters. The van der Waals surface area contributed by atoms with Gasteiger partial charge in [-0.05, 0) is 61.2 Å². The first kappa shape index (κ1) is 25.0. The smallest absolute Gasteiger partial charge is 0.488 e. The fourth-order valence-electron chi connectivity index (χ4n) is 5.10. The number of fused-ring (bicyclic) bond motifs is 4. The van der Waals surface area contributed by atoms with Crippen LogP contribution < -0.4 is 14.3 Å². The number of rotatable bonds is 8. The van der Waals surface area contributed by atoms with Gasteiger partial charge < -0.3 is 18.5 Å². The molecule has 5 aromatic rings. The summed E-state index contributed by atoms with van der Waals surface area (Å²) in [6.07, 6.45) is 9.29. The maximum atomic E-state index is 14.0. The van der Waals surface area contributed by atoms with E-state index in [-0.39, 0.29) is 17.2 Å². The molecular weight excluding hydrogens is 519 g/mol. The van der Waals surface area contributed by atoms with Gasteiger partial charge in [-0.3, -0.25) is 4.79 Å². The van der Waals surface area contributed by atoms with Crippen molar-refractivity contribution in [2.75, 3.05) is 6.61 Å². The van der Waals surface area contributed by atoms with Crippen molar-refractivity contribution in [2.45, 2.75) is 38.6 Å². The van der Waals surface area contributed by atoms with Gasteiger partial charge in [-0.2, -0.15) is 8.42 Å². The topological polar surface area (TPSA) is 90.4 Å². The SMILES string of the molecule is C#Cc1ccc2c(c1)[nH]c1c2c(=O)c2cc(OCCCC)c(-c3cccc(OS(=O)(=O)F)c3)cc2n1C1CC1. The largest absolute Gasteiger partial charge is 0.493 e. The lowest BCUT2D eigenvalue weighted by atomic mass is 10.0. The fraction of sp³-hybridized carbons (Fsp3) is 0.233. The maximum Gasteiger partial charge on any atom is 0.488 e. The van der Waals surface area contributed by atoms with Crippen LogP contribution in [0.3, 0.4) is 0 Å². The van der Waals surface area contributed by atoms with Crippen LogP contribution in [0, 0.1) is 12.3 Å². The molecule has 1 saturated carbocycles. The van der Waals surface area contributed by atoms with E-state index in [4.69, 9.17) is 11.2 Å². The molecule has 0 unspecified atom stereocenters. The van der Waals surface area contributed by atoms with Crippen LogP contribution in [0.25, 0.3) is 44.0 Å². The molecule has 6 rings (SSSR count). The lowest BCUT2D eigenvalue weighted by molar-refractivity contribution is 0.311. The minimum Gasteiger partial charge on any atom is -0.493 e. The van der Waals surface area contributed by atoms with Gasteiger partial charge in [0.1, 0.15) is 17.1 Å². The Morgan fingerprint density at radius 2 is 1.95 bits per heavy atom. The summed E-state index contributed by atoms with van der Waals surface area (Å²) in [5, 5.41) is 1.93. The van der Waals surface area contributed by atoms with Crippen molar-refractivity contribution in [3.63, 3.8) is 0 Å². The first-order valence-electron chi connectivity index (χ1n) is 12.8. The molecule has 1 aliphatic rings. The number of aromatic nitrogens is 2. The molecule has 2 heterocycles. The molecule has 1 fully saturated rings. The van der Waals surface area contributed by atoms with E-state index >= 15 is 0 Å². The minimum atomic E-state index is -5.19. The van der Waals surface area contributed by atoms with Crippen molar-refractivity contribution in [3.8, 4) is 35.0 Å². The van der Waals surface area contributed by atoms with Crippen molar-refractivity contribution < 1.29 is 21.2 Å². The predicted molar refractivity (Wildman–Crippen MR) is 150 cm³/mol. The molecule has 2 aromatic heterocycles. The normalized spacial score (nSPS) is 13.7. The summed E-state index contributed by atoms with van der Waals surface area (Å²) >= 11 is 0. The van der Waals surface area contributed by atoms with Crippen molar-refractivity contribution in [1.29, 1.82) is 0 Å². The average Bonchev–Trinajstić information content (AvgIpc) is 3.67. The summed E-state index contributed by atoms with van der Waals surface area (Å²) in [5.74, 6) is 2.96. The minimum absolute atomic E-state index is 0.121. The van der Waals surface area contributed by atoms with Gasteiger partial charge in [0.15, 0.2) is 5.43 Å². The first-order valence-corrected chi connectivity index (χ1v) is 14.1. The number of nitrogens with one attached hydrogen (secondary N) is 1. The number of benzene rings is 3. The van der Waals surface area contributed by atoms with Gasteiger partial charge in [0.2, 0.25) is 0 Å². The molecule has 198 valence electrons. The molecule has 7 nitrogen and oxygen atoms in total. The monoisotopic (exact) mass is 544 g/mol. The van der Waals surface area contributed by atoms with E-state index < -0.39 is 10.5 Å². The summed E-state index contributed by atoms with van der Waals surface area (Å²) in [7, 11) is -5.19. The lowest BCUT2D eigenvalue weighted by Gasteiger charge is -2.17. The lowest BCUT2D eigenvalue weighted by Crippen LogP contribution is -2.11. The second kappa shape index (κ2) is 9.47. The standard InChI is InChI=1S/C30H25FN2O5S/c1-3-5-13-37-27-17-24-26(16-23(27)19-7-6-8-21(15-19)38-39(31,35)36)33(20-10-11-20)30-28(29(24)34)22-12-9-18(4-2)14-25(22)32-30/h2,6-9,12,14-17,20,32H,3,5,10-11,13H2,1H3. The number of H-pyrrole nitrogens is 1. The number of hydrogen-bond donors (Lipinski definition) is 1. The Morgan fingerprint density at radius 1 is 1.13 bits per heavy atom. The number of halogens is 1. The summed E-state index contributed by atoms with van der Waals surface area (Å²) in [5.41, 5.74) is 4.04. The van der Waals surface area contributed by atoms with Gasteiger partial charge >= 0.3 is 10.5 Å². The van der Waals surface area contributed by atoms with Crippen LogP contribution in [0.5, 0.6) is 11.5 Å². The van der Waals surface area contributed by atoms with E-state index in [1.807, 2.05) is 24.3 Å². The third-order valence-electron chi connectivity index (χ3n) is 7.02. The van der Waals surface area contributed by atoms with Gasteiger partial charge in [-0.1, -0.05) is 41.3 Å². The highest BCUT2D eigenvalue weighted by Gasteiger charge is 2.29. The molecule has 0 saturated heterocycles. The third-order valence-corrected chi connectivity index (χ3v) is 7.42. The molecule has 0 aliphatic heterocycles. The summed E-state index contributed by atoms with van der Waals surface area (Å²) < 4.78 is 48.2. The number of pyridine rings is 1. The number of terminal acetylenes is 1. The Kier molecular flexibility index (Phi) is 6.07. The van der Waals surface area contributed by atoms with E-state index in [2.05, 4.69) is 26.6 Å². The Balaban J connectivity index is 1.65. The molecule has 0 radical (unpaired) electrons. The quantitative estimate of drug-likeness (QED) is 0.139. The first-order chi connectivity index (χ1) is 18.8. The zero-order valence-corrected chi connectivity index (χ0v) is 22.0. The van der Waals surface area contributed by atoms with Crippen molar-refractivity contribution >= 4 is 43.3 Å². The average molecular weight is 545 g/mol. The molecule has 39 heavy (non-hydrogen) atoms. The van der Waals surface area contributed by atoms with Crippen LogP contribution in [0.1, 0.15) is 44.2 Å². The summed E-state index contributed by atoms with van der Waals surface area (Å²) in [6.45, 7) is 2.49. The second-order valence-corrected chi connectivity index (χ2v) is 10.7. The zero-order chi connectivity index (χ0) is 27.3. The predicted octanol–water partition coefficient (Wildman–Crippen LogP) is 6.39.